The van der Waals surface area contributed by atoms with Crippen LogP contribution >= 0.6 is 0 Å². The number of sulfonamides is 1. The normalized spacial score (nSPS) is 23.4. The number of likely N-dealkylation sites (tertiary alicyclic amines) is 1. The maximum atomic E-state index is 12.7. The number of hydrogen-bond acceptors (Lipinski definition) is 5. The maximum Gasteiger partial charge on any atom is 0.416 e. The second-order valence-electron chi connectivity index (χ2n) is 7.28. The van der Waals surface area contributed by atoms with Crippen molar-refractivity contribution < 1.29 is 31.5 Å². The molecule has 3 heterocycles. The van der Waals surface area contributed by atoms with Gasteiger partial charge < -0.3 is 14.2 Å². The van der Waals surface area contributed by atoms with Crippen LogP contribution in [0.15, 0.2) is 47.5 Å². The Kier molecular flexibility index (Phi) is 5.07. The van der Waals surface area contributed by atoms with Gasteiger partial charge >= 0.3 is 6.18 Å². The van der Waals surface area contributed by atoms with Crippen molar-refractivity contribution >= 4 is 16.3 Å². The van der Waals surface area contributed by atoms with Gasteiger partial charge in [-0.1, -0.05) is 4.21 Å². The third-order valence-corrected chi connectivity index (χ3v) is 6.76. The Hall–Kier alpha value is -2.50. The van der Waals surface area contributed by atoms with Gasteiger partial charge in [-0.05, 0) is 30.3 Å². The molecule has 160 valence electrons. The van der Waals surface area contributed by atoms with Crippen LogP contribution in [0.3, 0.4) is 0 Å². The number of piperidine rings is 1. The molecule has 1 N–H and O–H groups in total. The molecule has 1 spiro atoms. The van der Waals surface area contributed by atoms with E-state index < -0.39 is 27.7 Å². The van der Waals surface area contributed by atoms with Crippen LogP contribution in [0.2, 0.25) is 0 Å². The number of halogens is 3. The van der Waals surface area contributed by atoms with Gasteiger partial charge in [0.15, 0.2) is 10.4 Å². The summed E-state index contributed by atoms with van der Waals surface area (Å²) in [6.45, 7) is 0.571. The smallest absolute Gasteiger partial charge is 0.416 e. The predicted octanol–water partition coefficient (Wildman–Crippen LogP) is 2.66. The summed E-state index contributed by atoms with van der Waals surface area (Å²) < 4.78 is 71.4. The highest BCUT2D eigenvalue weighted by Crippen LogP contribution is 2.36. The molecule has 1 fully saturated rings. The van der Waals surface area contributed by atoms with Crippen molar-refractivity contribution in [2.45, 2.75) is 29.5 Å². The van der Waals surface area contributed by atoms with Crippen LogP contribution in [0.5, 0.6) is 5.88 Å². The molecule has 7 nitrogen and oxygen atoms in total. The highest BCUT2D eigenvalue weighted by atomic mass is 32.3. The number of amides is 1. The predicted molar refractivity (Wildman–Crippen MR) is 99.3 cm³/mol. The number of aromatic nitrogens is 1. The first-order chi connectivity index (χ1) is 14.1. The fraction of sp³-hybridized carbons (Fsp3) is 0.368. The minimum Gasteiger partial charge on any atom is -0.593 e. The number of benzene rings is 1. The summed E-state index contributed by atoms with van der Waals surface area (Å²) in [6.07, 6.45) is -2.33. The summed E-state index contributed by atoms with van der Waals surface area (Å²) >= 11 is 0. The van der Waals surface area contributed by atoms with Gasteiger partial charge in [0.2, 0.25) is 4.90 Å². The summed E-state index contributed by atoms with van der Waals surface area (Å²) in [5.74, 6) is -0.365. The summed E-state index contributed by atoms with van der Waals surface area (Å²) in [5.41, 5.74) is -1.51. The number of nitrogens with one attached hydrogen (secondary N) is 1. The Bertz CT molecular complexity index is 1000. The minimum absolute atomic E-state index is 0.0185. The summed E-state index contributed by atoms with van der Waals surface area (Å²) in [5, 5.41) is 0. The van der Waals surface area contributed by atoms with E-state index in [1.54, 1.807) is 0 Å². The first kappa shape index (κ1) is 20.8. The lowest BCUT2D eigenvalue weighted by Gasteiger charge is -2.40. The van der Waals surface area contributed by atoms with E-state index in [0.29, 0.717) is 12.8 Å². The van der Waals surface area contributed by atoms with Crippen LogP contribution < -0.4 is 9.46 Å². The Morgan fingerprint density at radius 3 is 2.50 bits per heavy atom. The lowest BCUT2D eigenvalue weighted by Crippen LogP contribution is -2.54. The second kappa shape index (κ2) is 7.33. The van der Waals surface area contributed by atoms with Crippen molar-refractivity contribution in [1.82, 2.24) is 14.6 Å². The molecule has 0 aliphatic carbocycles. The molecule has 1 aromatic heterocycles. The van der Waals surface area contributed by atoms with Gasteiger partial charge in [-0.15, -0.1) is 4.72 Å². The molecule has 1 atom stereocenters. The largest absolute Gasteiger partial charge is 0.593 e. The number of pyridine rings is 1. The molecule has 1 amide bonds. The minimum atomic E-state index is -4.46. The van der Waals surface area contributed by atoms with Crippen LogP contribution in [0.1, 0.15) is 28.8 Å². The molecule has 2 aliphatic heterocycles. The van der Waals surface area contributed by atoms with Crippen LogP contribution in [-0.4, -0.2) is 45.6 Å². The van der Waals surface area contributed by atoms with E-state index in [9.17, 15) is 26.7 Å². The average molecular weight is 441 g/mol. The van der Waals surface area contributed by atoms with Crippen molar-refractivity contribution in [3.8, 4) is 5.88 Å². The van der Waals surface area contributed by atoms with Crippen LogP contribution in [0.4, 0.5) is 13.2 Å². The first-order valence-corrected chi connectivity index (χ1v) is 10.7. The van der Waals surface area contributed by atoms with E-state index >= 15 is 0 Å². The Morgan fingerprint density at radius 1 is 1.20 bits per heavy atom. The van der Waals surface area contributed by atoms with E-state index in [1.807, 2.05) is 0 Å². The van der Waals surface area contributed by atoms with E-state index in [2.05, 4.69) is 9.71 Å². The third kappa shape index (κ3) is 3.92. The SMILES string of the molecule is O=C(c1ccc(C(F)(F)F)cc1)N1CCC2(CC1)CN[S+](=O)([O-])c1cccnc1O2. The Labute approximate surface area is 171 Å². The number of nitrogens with zero attached hydrogens (tertiary/aromatic N) is 2. The van der Waals surface area contributed by atoms with Gasteiger partial charge in [0.1, 0.15) is 5.60 Å². The van der Waals surface area contributed by atoms with Crippen molar-refractivity contribution in [3.05, 3.63) is 53.7 Å². The number of carbonyl (C=O) groups excluding carboxylic acids is 1. The van der Waals surface area contributed by atoms with Crippen LogP contribution in [0, 0.1) is 0 Å². The Morgan fingerprint density at radius 2 is 1.87 bits per heavy atom. The standard InChI is InChI=1S/C19H18F3N3O4S/c20-19(21,22)14-5-3-13(4-6-14)17(26)25-10-7-18(8-11-25)12-24-30(27,28)15-2-1-9-23-16(15)29-18/h1-6,9H,7-8,10-12H2,(H-,24,27,28). The van der Waals surface area contributed by atoms with Crippen LogP contribution in [0.25, 0.3) is 0 Å². The zero-order chi connectivity index (χ0) is 21.6. The lowest BCUT2D eigenvalue weighted by atomic mass is 9.90. The molecule has 4 rings (SSSR count). The molecule has 1 unspecified atom stereocenters. The fourth-order valence-corrected chi connectivity index (χ4v) is 4.77. The quantitative estimate of drug-likeness (QED) is 0.687. The zero-order valence-corrected chi connectivity index (χ0v) is 16.5. The van der Waals surface area contributed by atoms with Gasteiger partial charge in [-0.3, -0.25) is 4.79 Å². The van der Waals surface area contributed by atoms with Crippen molar-refractivity contribution in [3.63, 3.8) is 0 Å². The number of rotatable bonds is 1. The summed E-state index contributed by atoms with van der Waals surface area (Å²) in [4.78, 5) is 18.2. The molecule has 2 aromatic rings. The van der Waals surface area contributed by atoms with Gasteiger partial charge in [0.25, 0.3) is 11.8 Å². The van der Waals surface area contributed by atoms with Crippen molar-refractivity contribution in [2.24, 2.45) is 0 Å². The van der Waals surface area contributed by atoms with Gasteiger partial charge in [0, 0.05) is 43.8 Å². The van der Waals surface area contributed by atoms with E-state index in [1.165, 1.54) is 23.2 Å². The molecular formula is C19H18F3N3O4S. The van der Waals surface area contributed by atoms with Crippen molar-refractivity contribution in [2.75, 3.05) is 19.6 Å². The molecular weight excluding hydrogens is 423 g/mol. The van der Waals surface area contributed by atoms with E-state index in [-0.39, 0.29) is 41.9 Å². The molecule has 30 heavy (non-hydrogen) atoms. The molecule has 0 saturated carbocycles. The molecule has 2 aliphatic rings. The summed E-state index contributed by atoms with van der Waals surface area (Å²) in [7, 11) is -3.75. The molecule has 11 heteroatoms. The van der Waals surface area contributed by atoms with E-state index in [4.69, 9.17) is 4.74 Å². The monoisotopic (exact) mass is 441 g/mol. The van der Waals surface area contributed by atoms with Gasteiger partial charge in [-0.25, -0.2) is 4.98 Å². The molecule has 1 aromatic carbocycles. The number of ether oxygens (including phenoxy) is 1. The number of fused-ring (bicyclic) bond motifs is 1. The fourth-order valence-electron chi connectivity index (χ4n) is 3.58. The van der Waals surface area contributed by atoms with E-state index in [0.717, 1.165) is 24.3 Å². The third-order valence-electron chi connectivity index (χ3n) is 5.34. The highest BCUT2D eigenvalue weighted by molar-refractivity contribution is 7.95. The molecule has 0 bridgehead atoms. The first-order valence-electron chi connectivity index (χ1n) is 9.20. The van der Waals surface area contributed by atoms with Gasteiger partial charge in [0.05, 0.1) is 12.1 Å². The number of carbonyl (C=O) groups is 1. The average Bonchev–Trinajstić information content (AvgIpc) is 2.82. The van der Waals surface area contributed by atoms with Crippen LogP contribution in [-0.2, 0) is 20.8 Å². The number of alkyl halides is 3. The van der Waals surface area contributed by atoms with Gasteiger partial charge in [-0.2, -0.15) is 13.2 Å². The maximum absolute atomic E-state index is 12.7. The lowest BCUT2D eigenvalue weighted by molar-refractivity contribution is -0.137. The summed E-state index contributed by atoms with van der Waals surface area (Å²) in [6, 6.07) is 6.99. The topological polar surface area (TPSA) is 94.6 Å². The number of hydrogen-bond donors (Lipinski definition) is 1. The molecule has 1 saturated heterocycles. The second-order valence-corrected chi connectivity index (χ2v) is 9.02. The Balaban J connectivity index is 1.47. The zero-order valence-electron chi connectivity index (χ0n) is 15.6. The molecule has 0 radical (unpaired) electrons. The van der Waals surface area contributed by atoms with Crippen molar-refractivity contribution in [1.29, 1.82) is 0 Å². The highest BCUT2D eigenvalue weighted by Gasteiger charge is 2.45.